The van der Waals surface area contributed by atoms with E-state index in [1.165, 1.54) is 18.2 Å². The van der Waals surface area contributed by atoms with Crippen LogP contribution in [-0.2, 0) is 5.54 Å². The van der Waals surface area contributed by atoms with Gasteiger partial charge in [-0.15, -0.1) is 0 Å². The zero-order valence-corrected chi connectivity index (χ0v) is 11.3. The van der Waals surface area contributed by atoms with E-state index >= 15 is 0 Å². The van der Waals surface area contributed by atoms with E-state index in [4.69, 9.17) is 28.9 Å². The maximum absolute atomic E-state index is 13.3. The van der Waals surface area contributed by atoms with Gasteiger partial charge < -0.3 is 5.73 Å². The fourth-order valence-electron chi connectivity index (χ4n) is 1.86. The maximum Gasteiger partial charge on any atom is 0.123 e. The van der Waals surface area contributed by atoms with E-state index in [2.05, 4.69) is 0 Å². The van der Waals surface area contributed by atoms with Gasteiger partial charge in [-0.25, -0.2) is 4.39 Å². The average Bonchev–Trinajstić information content (AvgIpc) is 2.32. The molecule has 1 unspecified atom stereocenters. The molecule has 0 bridgehead atoms. The summed E-state index contributed by atoms with van der Waals surface area (Å²) in [6, 6.07) is 11.3. The minimum absolute atomic E-state index is 0.367. The number of hydrogen-bond acceptors (Lipinski definition) is 1. The van der Waals surface area contributed by atoms with E-state index in [1.54, 1.807) is 25.1 Å². The third-order valence-corrected chi connectivity index (χ3v) is 3.48. The van der Waals surface area contributed by atoms with E-state index in [-0.39, 0.29) is 5.82 Å². The van der Waals surface area contributed by atoms with Gasteiger partial charge in [-0.3, -0.25) is 0 Å². The van der Waals surface area contributed by atoms with Crippen LogP contribution in [0.4, 0.5) is 4.39 Å². The molecule has 18 heavy (non-hydrogen) atoms. The summed E-state index contributed by atoms with van der Waals surface area (Å²) in [6.45, 7) is 1.78. The normalized spacial score (nSPS) is 14.3. The first kappa shape index (κ1) is 13.3. The van der Waals surface area contributed by atoms with Crippen molar-refractivity contribution in [1.82, 2.24) is 0 Å². The highest BCUT2D eigenvalue weighted by molar-refractivity contribution is 6.31. The van der Waals surface area contributed by atoms with Crippen LogP contribution >= 0.6 is 23.2 Å². The Hall–Kier alpha value is -1.09. The van der Waals surface area contributed by atoms with Crippen LogP contribution in [0.5, 0.6) is 0 Å². The number of nitrogens with two attached hydrogens (primary N) is 1. The van der Waals surface area contributed by atoms with E-state index in [0.29, 0.717) is 15.6 Å². The van der Waals surface area contributed by atoms with Gasteiger partial charge in [-0.2, -0.15) is 0 Å². The molecule has 0 aliphatic rings. The summed E-state index contributed by atoms with van der Waals surface area (Å²) < 4.78 is 13.3. The maximum atomic E-state index is 13.3. The zero-order valence-electron chi connectivity index (χ0n) is 9.75. The minimum atomic E-state index is -0.899. The Labute approximate surface area is 115 Å². The van der Waals surface area contributed by atoms with Crippen LogP contribution in [-0.4, -0.2) is 0 Å². The lowest BCUT2D eigenvalue weighted by atomic mass is 9.85. The van der Waals surface area contributed by atoms with Crippen molar-refractivity contribution in [2.24, 2.45) is 5.73 Å². The van der Waals surface area contributed by atoms with Gasteiger partial charge in [-0.05, 0) is 48.4 Å². The molecular weight excluding hydrogens is 272 g/mol. The molecule has 0 aliphatic heterocycles. The monoisotopic (exact) mass is 283 g/mol. The smallest absolute Gasteiger partial charge is 0.123 e. The largest absolute Gasteiger partial charge is 0.318 e. The second-order valence-corrected chi connectivity index (χ2v) is 5.18. The molecule has 0 aromatic heterocycles. The molecule has 2 N–H and O–H groups in total. The Morgan fingerprint density at radius 2 is 1.83 bits per heavy atom. The van der Waals surface area contributed by atoms with Gasteiger partial charge in [0.15, 0.2) is 0 Å². The standard InChI is InChI=1S/C14H12Cl2FN/c1-14(18,9-3-2-4-10(15)7-9)12-8-11(17)5-6-13(12)16/h2-8H,18H2,1H3. The second-order valence-electron chi connectivity index (χ2n) is 4.34. The van der Waals surface area contributed by atoms with Crippen LogP contribution in [0.3, 0.4) is 0 Å². The Morgan fingerprint density at radius 3 is 2.50 bits per heavy atom. The predicted octanol–water partition coefficient (Wildman–Crippen LogP) is 4.35. The topological polar surface area (TPSA) is 26.0 Å². The van der Waals surface area contributed by atoms with Crippen LogP contribution in [0.1, 0.15) is 18.1 Å². The predicted molar refractivity (Wildman–Crippen MR) is 73.5 cm³/mol. The van der Waals surface area contributed by atoms with Gasteiger partial charge in [0, 0.05) is 10.0 Å². The van der Waals surface area contributed by atoms with E-state index in [9.17, 15) is 4.39 Å². The summed E-state index contributed by atoms with van der Waals surface area (Å²) in [5.74, 6) is -0.367. The molecule has 0 fully saturated rings. The lowest BCUT2D eigenvalue weighted by molar-refractivity contribution is 0.582. The molecule has 1 nitrogen and oxygen atoms in total. The fourth-order valence-corrected chi connectivity index (χ4v) is 2.37. The highest BCUT2D eigenvalue weighted by Gasteiger charge is 2.26. The summed E-state index contributed by atoms with van der Waals surface area (Å²) in [5, 5.41) is 1.01. The van der Waals surface area contributed by atoms with Crippen molar-refractivity contribution in [2.45, 2.75) is 12.5 Å². The lowest BCUT2D eigenvalue weighted by Gasteiger charge is -2.27. The highest BCUT2D eigenvalue weighted by Crippen LogP contribution is 2.33. The first-order valence-electron chi connectivity index (χ1n) is 5.42. The van der Waals surface area contributed by atoms with Crippen molar-refractivity contribution in [3.8, 4) is 0 Å². The summed E-state index contributed by atoms with van der Waals surface area (Å²) >= 11 is 12.0. The molecule has 2 aromatic carbocycles. The van der Waals surface area contributed by atoms with Crippen molar-refractivity contribution in [2.75, 3.05) is 0 Å². The summed E-state index contributed by atoms with van der Waals surface area (Å²) in [4.78, 5) is 0. The molecule has 4 heteroatoms. The van der Waals surface area contributed by atoms with Gasteiger partial charge in [-0.1, -0.05) is 35.3 Å². The number of rotatable bonds is 2. The molecule has 94 valence electrons. The van der Waals surface area contributed by atoms with Crippen LogP contribution in [0.15, 0.2) is 42.5 Å². The Kier molecular flexibility index (Phi) is 3.62. The Morgan fingerprint density at radius 1 is 1.11 bits per heavy atom. The zero-order chi connectivity index (χ0) is 13.3. The first-order chi connectivity index (χ1) is 8.41. The summed E-state index contributed by atoms with van der Waals surface area (Å²) in [7, 11) is 0. The molecule has 2 aromatic rings. The van der Waals surface area contributed by atoms with E-state index in [0.717, 1.165) is 5.56 Å². The second kappa shape index (κ2) is 4.88. The number of benzene rings is 2. The molecule has 2 rings (SSSR count). The first-order valence-corrected chi connectivity index (χ1v) is 6.17. The average molecular weight is 284 g/mol. The molecular formula is C14H12Cl2FN. The molecule has 0 spiro atoms. The highest BCUT2D eigenvalue weighted by atomic mass is 35.5. The molecule has 0 heterocycles. The molecule has 1 atom stereocenters. The molecule has 0 saturated heterocycles. The molecule has 0 saturated carbocycles. The van der Waals surface area contributed by atoms with Gasteiger partial charge in [0.25, 0.3) is 0 Å². The van der Waals surface area contributed by atoms with Crippen molar-refractivity contribution in [3.05, 3.63) is 69.5 Å². The van der Waals surface area contributed by atoms with Crippen molar-refractivity contribution in [3.63, 3.8) is 0 Å². The summed E-state index contributed by atoms with van der Waals surface area (Å²) in [5.41, 5.74) is 6.70. The van der Waals surface area contributed by atoms with Crippen molar-refractivity contribution in [1.29, 1.82) is 0 Å². The lowest BCUT2D eigenvalue weighted by Crippen LogP contribution is -2.34. The van der Waals surface area contributed by atoms with Crippen LogP contribution in [0.2, 0.25) is 10.0 Å². The van der Waals surface area contributed by atoms with Gasteiger partial charge in [0.05, 0.1) is 5.54 Å². The fraction of sp³-hybridized carbons (Fsp3) is 0.143. The third kappa shape index (κ3) is 2.51. The van der Waals surface area contributed by atoms with Gasteiger partial charge in [0.2, 0.25) is 0 Å². The molecule has 0 aliphatic carbocycles. The minimum Gasteiger partial charge on any atom is -0.318 e. The van der Waals surface area contributed by atoms with Gasteiger partial charge in [0.1, 0.15) is 5.82 Å². The molecule has 0 amide bonds. The number of hydrogen-bond donors (Lipinski definition) is 1. The van der Waals surface area contributed by atoms with Crippen LogP contribution in [0.25, 0.3) is 0 Å². The van der Waals surface area contributed by atoms with Crippen LogP contribution in [0, 0.1) is 5.82 Å². The van der Waals surface area contributed by atoms with Crippen LogP contribution < -0.4 is 5.73 Å². The van der Waals surface area contributed by atoms with E-state index in [1.807, 2.05) is 6.07 Å². The van der Waals surface area contributed by atoms with Gasteiger partial charge >= 0.3 is 0 Å². The summed E-state index contributed by atoms with van der Waals surface area (Å²) in [6.07, 6.45) is 0. The molecule has 0 radical (unpaired) electrons. The SMILES string of the molecule is CC(N)(c1cccc(Cl)c1)c1cc(F)ccc1Cl. The van der Waals surface area contributed by atoms with Crippen molar-refractivity contribution >= 4 is 23.2 Å². The third-order valence-electron chi connectivity index (χ3n) is 2.91. The Bertz CT molecular complexity index is 582. The quantitative estimate of drug-likeness (QED) is 0.871. The Balaban J connectivity index is 2.57. The number of halogens is 3. The van der Waals surface area contributed by atoms with Crippen molar-refractivity contribution < 1.29 is 4.39 Å². The van der Waals surface area contributed by atoms with E-state index < -0.39 is 5.54 Å².